The SMILES string of the molecule is O=C(NNC(=O)c1cnn(-c2cccc(C(F)(F)F)c2)c1C1CC1)c1ccccc1O. The van der Waals surface area contributed by atoms with Crippen LogP contribution in [-0.4, -0.2) is 26.7 Å². The van der Waals surface area contributed by atoms with Gasteiger partial charge in [0.2, 0.25) is 0 Å². The maximum atomic E-state index is 13.1. The molecule has 1 saturated carbocycles. The molecule has 0 spiro atoms. The highest BCUT2D eigenvalue weighted by molar-refractivity contribution is 6.00. The van der Waals surface area contributed by atoms with Crippen molar-refractivity contribution in [3.05, 3.63) is 77.1 Å². The minimum atomic E-state index is -4.50. The molecule has 3 aromatic rings. The van der Waals surface area contributed by atoms with Crippen molar-refractivity contribution in [2.75, 3.05) is 0 Å². The molecule has 0 bridgehead atoms. The average Bonchev–Trinajstić information content (AvgIpc) is 3.49. The van der Waals surface area contributed by atoms with Crippen LogP contribution in [0.2, 0.25) is 0 Å². The van der Waals surface area contributed by atoms with E-state index in [1.54, 1.807) is 12.1 Å². The number of amides is 2. The number of para-hydroxylation sites is 1. The number of hydrazine groups is 1. The molecule has 7 nitrogen and oxygen atoms in total. The molecule has 2 aromatic carbocycles. The normalized spacial score (nSPS) is 13.6. The van der Waals surface area contributed by atoms with Crippen LogP contribution in [0.15, 0.2) is 54.7 Å². The predicted molar refractivity (Wildman–Crippen MR) is 104 cm³/mol. The maximum Gasteiger partial charge on any atom is 0.416 e. The first kappa shape index (κ1) is 20.5. The Balaban J connectivity index is 1.58. The third-order valence-electron chi connectivity index (χ3n) is 4.87. The third kappa shape index (κ3) is 4.23. The smallest absolute Gasteiger partial charge is 0.416 e. The molecule has 0 radical (unpaired) electrons. The summed E-state index contributed by atoms with van der Waals surface area (Å²) in [5.74, 6) is -1.65. The van der Waals surface area contributed by atoms with E-state index < -0.39 is 23.6 Å². The van der Waals surface area contributed by atoms with Crippen molar-refractivity contribution in [3.8, 4) is 11.4 Å². The van der Waals surface area contributed by atoms with Crippen LogP contribution in [0.1, 0.15) is 50.7 Å². The number of hydrogen-bond acceptors (Lipinski definition) is 4. The van der Waals surface area contributed by atoms with Crippen molar-refractivity contribution >= 4 is 11.8 Å². The summed E-state index contributed by atoms with van der Waals surface area (Å²) in [4.78, 5) is 24.8. The lowest BCUT2D eigenvalue weighted by Gasteiger charge is -2.12. The van der Waals surface area contributed by atoms with Gasteiger partial charge in [-0.15, -0.1) is 0 Å². The highest BCUT2D eigenvalue weighted by Gasteiger charge is 2.34. The molecule has 4 rings (SSSR count). The quantitative estimate of drug-likeness (QED) is 0.552. The van der Waals surface area contributed by atoms with Crippen molar-refractivity contribution in [1.29, 1.82) is 0 Å². The summed E-state index contributed by atoms with van der Waals surface area (Å²) in [6.45, 7) is 0. The largest absolute Gasteiger partial charge is 0.507 e. The number of nitrogens with zero attached hydrogens (tertiary/aromatic N) is 2. The van der Waals surface area contributed by atoms with Gasteiger partial charge in [-0.05, 0) is 43.2 Å². The Morgan fingerprint density at radius 1 is 1.00 bits per heavy atom. The van der Waals surface area contributed by atoms with E-state index in [1.165, 1.54) is 35.1 Å². The van der Waals surface area contributed by atoms with Crippen LogP contribution >= 0.6 is 0 Å². The van der Waals surface area contributed by atoms with Gasteiger partial charge in [-0.1, -0.05) is 18.2 Å². The number of nitrogens with one attached hydrogen (secondary N) is 2. The van der Waals surface area contributed by atoms with Crippen LogP contribution in [0.5, 0.6) is 5.75 Å². The summed E-state index contributed by atoms with van der Waals surface area (Å²) < 4.78 is 40.6. The van der Waals surface area contributed by atoms with Gasteiger partial charge < -0.3 is 5.11 Å². The van der Waals surface area contributed by atoms with Gasteiger partial charge in [0.05, 0.1) is 34.3 Å². The number of rotatable bonds is 4. The fraction of sp³-hybridized carbons (Fsp3) is 0.190. The zero-order valence-corrected chi connectivity index (χ0v) is 16.0. The van der Waals surface area contributed by atoms with Crippen LogP contribution in [0.25, 0.3) is 5.69 Å². The van der Waals surface area contributed by atoms with Crippen molar-refractivity contribution in [2.45, 2.75) is 24.9 Å². The van der Waals surface area contributed by atoms with E-state index in [2.05, 4.69) is 16.0 Å². The van der Waals surface area contributed by atoms with E-state index in [0.717, 1.165) is 25.0 Å². The minimum absolute atomic E-state index is 0.0216. The first-order chi connectivity index (χ1) is 14.8. The molecule has 0 atom stereocenters. The number of aromatic hydroxyl groups is 1. The van der Waals surface area contributed by atoms with Gasteiger partial charge in [0.1, 0.15) is 5.75 Å². The summed E-state index contributed by atoms with van der Waals surface area (Å²) in [7, 11) is 0. The zero-order chi connectivity index (χ0) is 22.2. The van der Waals surface area contributed by atoms with Crippen molar-refractivity contribution in [1.82, 2.24) is 20.6 Å². The second kappa shape index (κ2) is 7.78. The summed E-state index contributed by atoms with van der Waals surface area (Å²) >= 11 is 0. The topological polar surface area (TPSA) is 96.3 Å². The Morgan fingerprint density at radius 2 is 1.68 bits per heavy atom. The molecule has 31 heavy (non-hydrogen) atoms. The Bertz CT molecular complexity index is 1150. The first-order valence-corrected chi connectivity index (χ1v) is 9.40. The van der Waals surface area contributed by atoms with Crippen LogP contribution in [0, 0.1) is 0 Å². The third-order valence-corrected chi connectivity index (χ3v) is 4.87. The first-order valence-electron chi connectivity index (χ1n) is 9.40. The molecule has 1 aliphatic carbocycles. The van der Waals surface area contributed by atoms with E-state index >= 15 is 0 Å². The van der Waals surface area contributed by atoms with Gasteiger partial charge >= 0.3 is 6.18 Å². The second-order valence-corrected chi connectivity index (χ2v) is 7.10. The second-order valence-electron chi connectivity index (χ2n) is 7.10. The molecule has 1 fully saturated rings. The van der Waals surface area contributed by atoms with Crippen molar-refractivity contribution in [2.24, 2.45) is 0 Å². The molecule has 1 aromatic heterocycles. The highest BCUT2D eigenvalue weighted by Crippen LogP contribution is 2.42. The molecular formula is C21H17F3N4O3. The summed E-state index contributed by atoms with van der Waals surface area (Å²) in [5.41, 5.74) is 4.46. The number of phenols is 1. The fourth-order valence-electron chi connectivity index (χ4n) is 3.22. The number of halogens is 3. The maximum absolute atomic E-state index is 13.1. The molecule has 1 aliphatic rings. The molecule has 2 amide bonds. The van der Waals surface area contributed by atoms with Crippen molar-refractivity contribution in [3.63, 3.8) is 0 Å². The van der Waals surface area contributed by atoms with Gasteiger partial charge in [-0.25, -0.2) is 4.68 Å². The summed E-state index contributed by atoms with van der Waals surface area (Å²) in [5, 5.41) is 13.9. The number of aromatic nitrogens is 2. The van der Waals surface area contributed by atoms with Gasteiger partial charge in [0.25, 0.3) is 11.8 Å². The number of benzene rings is 2. The molecule has 160 valence electrons. The van der Waals surface area contributed by atoms with Crippen LogP contribution in [-0.2, 0) is 6.18 Å². The summed E-state index contributed by atoms with van der Waals surface area (Å²) in [6, 6.07) is 10.5. The lowest BCUT2D eigenvalue weighted by molar-refractivity contribution is -0.137. The summed E-state index contributed by atoms with van der Waals surface area (Å²) in [6.07, 6.45) is -1.70. The number of alkyl halides is 3. The van der Waals surface area contributed by atoms with Crippen LogP contribution in [0.3, 0.4) is 0 Å². The Labute approximate surface area is 174 Å². The molecule has 10 heteroatoms. The molecular weight excluding hydrogens is 413 g/mol. The molecule has 0 saturated heterocycles. The molecule has 0 aliphatic heterocycles. The molecule has 0 unspecified atom stereocenters. The van der Waals surface area contributed by atoms with Gasteiger partial charge in [0, 0.05) is 5.92 Å². The van der Waals surface area contributed by atoms with Crippen LogP contribution < -0.4 is 10.9 Å². The lowest BCUT2D eigenvalue weighted by atomic mass is 10.1. The van der Waals surface area contributed by atoms with E-state index in [4.69, 9.17) is 0 Å². The number of carbonyl (C=O) groups excluding carboxylic acids is 2. The Morgan fingerprint density at radius 3 is 2.32 bits per heavy atom. The van der Waals surface area contributed by atoms with E-state index in [1.807, 2.05) is 0 Å². The number of phenolic OH excluding ortho intramolecular Hbond substituents is 1. The van der Waals surface area contributed by atoms with Gasteiger partial charge in [0.15, 0.2) is 0 Å². The van der Waals surface area contributed by atoms with Gasteiger partial charge in [-0.3, -0.25) is 20.4 Å². The number of hydrogen-bond donors (Lipinski definition) is 3. The van der Waals surface area contributed by atoms with Crippen molar-refractivity contribution < 1.29 is 27.9 Å². The Kier molecular flexibility index (Phi) is 5.14. The minimum Gasteiger partial charge on any atom is -0.507 e. The Hall–Kier alpha value is -3.82. The van der Waals surface area contributed by atoms with E-state index in [9.17, 15) is 27.9 Å². The van der Waals surface area contributed by atoms with Crippen LogP contribution in [0.4, 0.5) is 13.2 Å². The molecule has 3 N–H and O–H groups in total. The predicted octanol–water partition coefficient (Wildman–Crippen LogP) is 3.55. The number of carbonyl (C=O) groups is 2. The zero-order valence-electron chi connectivity index (χ0n) is 16.0. The lowest BCUT2D eigenvalue weighted by Crippen LogP contribution is -2.41. The van der Waals surface area contributed by atoms with E-state index in [0.29, 0.717) is 5.69 Å². The standard InChI is InChI=1S/C21H17F3N4O3/c22-21(23,24)13-4-3-5-14(10-13)28-18(12-8-9-12)16(11-25-28)20(31)27-26-19(30)15-6-1-2-7-17(15)29/h1-7,10-12,29H,8-9H2,(H,26,30)(H,27,31). The average molecular weight is 430 g/mol. The molecule has 1 heterocycles. The highest BCUT2D eigenvalue weighted by atomic mass is 19.4. The fourth-order valence-corrected chi connectivity index (χ4v) is 3.22. The monoisotopic (exact) mass is 430 g/mol. The van der Waals surface area contributed by atoms with E-state index in [-0.39, 0.29) is 28.5 Å². The van der Waals surface area contributed by atoms with Gasteiger partial charge in [-0.2, -0.15) is 18.3 Å².